The van der Waals surface area contributed by atoms with E-state index in [4.69, 9.17) is 10.5 Å². The normalized spacial score (nSPS) is 22.9. The summed E-state index contributed by atoms with van der Waals surface area (Å²) in [5, 5.41) is 10.1. The highest BCUT2D eigenvalue weighted by Gasteiger charge is 2.25. The molecular weight excluding hydrogens is 190 g/mol. The van der Waals surface area contributed by atoms with Crippen LogP contribution in [-0.4, -0.2) is 18.3 Å². The Morgan fingerprint density at radius 1 is 1.53 bits per heavy atom. The number of ether oxygens (including phenoxy) is 1. The summed E-state index contributed by atoms with van der Waals surface area (Å²) >= 11 is 0. The zero-order chi connectivity index (χ0) is 10.7. The van der Waals surface area contributed by atoms with Gasteiger partial charge in [-0.05, 0) is 17.5 Å². The summed E-state index contributed by atoms with van der Waals surface area (Å²) < 4.78 is 5.27. The molecule has 0 spiro atoms. The molecule has 2 unspecified atom stereocenters. The highest BCUT2D eigenvalue weighted by Crippen LogP contribution is 2.28. The number of hydrogen-bond acceptors (Lipinski definition) is 3. The molecule has 82 valence electrons. The maximum Gasteiger partial charge on any atom is 0.0841 e. The zero-order valence-corrected chi connectivity index (χ0v) is 8.73. The van der Waals surface area contributed by atoms with Gasteiger partial charge in [-0.25, -0.2) is 0 Å². The molecule has 1 aliphatic heterocycles. The fourth-order valence-corrected chi connectivity index (χ4v) is 1.98. The van der Waals surface area contributed by atoms with Crippen molar-refractivity contribution in [2.75, 3.05) is 13.2 Å². The quantitative estimate of drug-likeness (QED) is 0.783. The SMILES string of the molecule is NCc1cccc(C(O)C2CCOC2)c1. The van der Waals surface area contributed by atoms with Crippen LogP contribution in [0, 0.1) is 5.92 Å². The molecule has 3 N–H and O–H groups in total. The first kappa shape index (κ1) is 10.6. The molecular formula is C12H17NO2. The fraction of sp³-hybridized carbons (Fsp3) is 0.500. The Kier molecular flexibility index (Phi) is 3.36. The van der Waals surface area contributed by atoms with E-state index >= 15 is 0 Å². The molecule has 1 fully saturated rings. The third kappa shape index (κ3) is 2.37. The van der Waals surface area contributed by atoms with Crippen LogP contribution < -0.4 is 5.73 Å². The highest BCUT2D eigenvalue weighted by atomic mass is 16.5. The lowest BCUT2D eigenvalue weighted by Gasteiger charge is -2.17. The minimum absolute atomic E-state index is 0.234. The molecule has 2 rings (SSSR count). The monoisotopic (exact) mass is 207 g/mol. The Hall–Kier alpha value is -0.900. The van der Waals surface area contributed by atoms with Crippen molar-refractivity contribution >= 4 is 0 Å². The van der Waals surface area contributed by atoms with Gasteiger partial charge in [0.15, 0.2) is 0 Å². The predicted octanol–water partition coefficient (Wildman–Crippen LogP) is 1.22. The van der Waals surface area contributed by atoms with E-state index in [2.05, 4.69) is 0 Å². The first-order chi connectivity index (χ1) is 7.31. The number of nitrogens with two attached hydrogens (primary N) is 1. The molecule has 1 heterocycles. The van der Waals surface area contributed by atoms with E-state index in [0.717, 1.165) is 24.2 Å². The van der Waals surface area contributed by atoms with E-state index < -0.39 is 6.10 Å². The summed E-state index contributed by atoms with van der Waals surface area (Å²) in [5.41, 5.74) is 7.58. The molecule has 2 atom stereocenters. The van der Waals surface area contributed by atoms with E-state index in [1.54, 1.807) is 0 Å². The summed E-state index contributed by atoms with van der Waals surface area (Å²) in [6, 6.07) is 7.84. The summed E-state index contributed by atoms with van der Waals surface area (Å²) in [5.74, 6) is 0.234. The van der Waals surface area contributed by atoms with E-state index in [1.165, 1.54) is 0 Å². The third-order valence-corrected chi connectivity index (χ3v) is 2.94. The van der Waals surface area contributed by atoms with Crippen molar-refractivity contribution in [3.8, 4) is 0 Å². The molecule has 1 aliphatic rings. The Morgan fingerprint density at radius 3 is 3.07 bits per heavy atom. The lowest BCUT2D eigenvalue weighted by atomic mass is 9.94. The first-order valence-electron chi connectivity index (χ1n) is 5.36. The predicted molar refractivity (Wildman–Crippen MR) is 58.2 cm³/mol. The minimum Gasteiger partial charge on any atom is -0.388 e. The van der Waals surface area contributed by atoms with Gasteiger partial charge < -0.3 is 15.6 Å². The van der Waals surface area contributed by atoms with Gasteiger partial charge in [-0.1, -0.05) is 24.3 Å². The van der Waals surface area contributed by atoms with Gasteiger partial charge in [0.25, 0.3) is 0 Å². The molecule has 0 aliphatic carbocycles. The molecule has 3 nitrogen and oxygen atoms in total. The van der Waals surface area contributed by atoms with E-state index in [-0.39, 0.29) is 5.92 Å². The van der Waals surface area contributed by atoms with E-state index in [0.29, 0.717) is 13.2 Å². The lowest BCUT2D eigenvalue weighted by molar-refractivity contribution is 0.0917. The Balaban J connectivity index is 2.13. The molecule has 1 saturated heterocycles. The average Bonchev–Trinajstić information content (AvgIpc) is 2.81. The van der Waals surface area contributed by atoms with Crippen molar-refractivity contribution in [1.82, 2.24) is 0 Å². The van der Waals surface area contributed by atoms with Crippen molar-refractivity contribution in [1.29, 1.82) is 0 Å². The molecule has 0 saturated carbocycles. The minimum atomic E-state index is -0.418. The van der Waals surface area contributed by atoms with Crippen molar-refractivity contribution in [3.63, 3.8) is 0 Å². The van der Waals surface area contributed by atoms with Crippen LogP contribution in [0.2, 0.25) is 0 Å². The number of rotatable bonds is 3. The summed E-state index contributed by atoms with van der Waals surface area (Å²) in [7, 11) is 0. The average molecular weight is 207 g/mol. The van der Waals surface area contributed by atoms with Crippen LogP contribution in [0.15, 0.2) is 24.3 Å². The molecule has 0 radical (unpaired) electrons. The van der Waals surface area contributed by atoms with Crippen molar-refractivity contribution in [3.05, 3.63) is 35.4 Å². The van der Waals surface area contributed by atoms with Gasteiger partial charge in [-0.15, -0.1) is 0 Å². The number of benzene rings is 1. The Labute approximate surface area is 89.9 Å². The molecule has 0 amide bonds. The zero-order valence-electron chi connectivity index (χ0n) is 8.73. The van der Waals surface area contributed by atoms with Crippen LogP contribution in [0.5, 0.6) is 0 Å². The lowest BCUT2D eigenvalue weighted by Crippen LogP contribution is -2.12. The Bertz CT molecular complexity index is 321. The Morgan fingerprint density at radius 2 is 2.40 bits per heavy atom. The van der Waals surface area contributed by atoms with Crippen LogP contribution in [-0.2, 0) is 11.3 Å². The van der Waals surface area contributed by atoms with Crippen LogP contribution in [0.3, 0.4) is 0 Å². The maximum absolute atomic E-state index is 10.1. The number of aliphatic hydroxyl groups excluding tert-OH is 1. The van der Waals surface area contributed by atoms with Crippen LogP contribution in [0.1, 0.15) is 23.7 Å². The molecule has 0 aromatic heterocycles. The standard InChI is InChI=1S/C12H17NO2/c13-7-9-2-1-3-10(6-9)12(14)11-4-5-15-8-11/h1-3,6,11-12,14H,4-5,7-8,13H2. The second-order valence-electron chi connectivity index (χ2n) is 4.02. The molecule has 3 heteroatoms. The number of aliphatic hydroxyl groups is 1. The van der Waals surface area contributed by atoms with Crippen molar-refractivity contribution < 1.29 is 9.84 Å². The fourth-order valence-electron chi connectivity index (χ4n) is 1.98. The van der Waals surface area contributed by atoms with E-state index in [9.17, 15) is 5.11 Å². The maximum atomic E-state index is 10.1. The van der Waals surface area contributed by atoms with Gasteiger partial charge in [0, 0.05) is 19.1 Å². The van der Waals surface area contributed by atoms with E-state index in [1.807, 2.05) is 24.3 Å². The summed E-state index contributed by atoms with van der Waals surface area (Å²) in [6.07, 6.45) is 0.521. The van der Waals surface area contributed by atoms with Crippen molar-refractivity contribution in [2.45, 2.75) is 19.1 Å². The first-order valence-corrected chi connectivity index (χ1v) is 5.36. The van der Waals surface area contributed by atoms with Crippen molar-refractivity contribution in [2.24, 2.45) is 11.7 Å². The second kappa shape index (κ2) is 4.75. The second-order valence-corrected chi connectivity index (χ2v) is 4.02. The van der Waals surface area contributed by atoms with Crippen LogP contribution in [0.4, 0.5) is 0 Å². The van der Waals surface area contributed by atoms with Gasteiger partial charge in [0.2, 0.25) is 0 Å². The van der Waals surface area contributed by atoms with Crippen LogP contribution >= 0.6 is 0 Å². The molecule has 0 bridgehead atoms. The van der Waals surface area contributed by atoms with Gasteiger partial charge in [-0.2, -0.15) is 0 Å². The molecule has 15 heavy (non-hydrogen) atoms. The highest BCUT2D eigenvalue weighted by molar-refractivity contribution is 5.25. The van der Waals surface area contributed by atoms with Gasteiger partial charge >= 0.3 is 0 Å². The molecule has 1 aromatic carbocycles. The largest absolute Gasteiger partial charge is 0.388 e. The summed E-state index contributed by atoms with van der Waals surface area (Å²) in [6.45, 7) is 1.94. The third-order valence-electron chi connectivity index (χ3n) is 2.94. The van der Waals surface area contributed by atoms with Crippen LogP contribution in [0.25, 0.3) is 0 Å². The van der Waals surface area contributed by atoms with Gasteiger partial charge in [-0.3, -0.25) is 0 Å². The number of hydrogen-bond donors (Lipinski definition) is 2. The summed E-state index contributed by atoms with van der Waals surface area (Å²) in [4.78, 5) is 0. The van der Waals surface area contributed by atoms with Gasteiger partial charge in [0.05, 0.1) is 12.7 Å². The topological polar surface area (TPSA) is 55.5 Å². The van der Waals surface area contributed by atoms with Gasteiger partial charge in [0.1, 0.15) is 0 Å². The smallest absolute Gasteiger partial charge is 0.0841 e. The molecule has 1 aromatic rings.